The highest BCUT2D eigenvalue weighted by atomic mass is 127. The molecule has 0 amide bonds. The summed E-state index contributed by atoms with van der Waals surface area (Å²) in [6, 6.07) is 6.90. The van der Waals surface area contributed by atoms with Crippen molar-refractivity contribution in [3.05, 3.63) is 23.8 Å². The van der Waals surface area contributed by atoms with Crippen LogP contribution in [0, 0.1) is 0 Å². The van der Waals surface area contributed by atoms with Gasteiger partial charge in [-0.05, 0) is 12.0 Å². The monoisotopic (exact) mass is 288 g/mol. The van der Waals surface area contributed by atoms with Gasteiger partial charge in [0.15, 0.2) is 7.28 Å². The minimum Gasteiger partial charge on any atom is -0.111 e. The number of fused-ring (bicyclic) bond motifs is 1. The van der Waals surface area contributed by atoms with E-state index < -0.39 is 0 Å². The number of alkyl halides is 1. The molecular weight excluding hydrogens is 278 g/mol. The molecule has 0 aromatic heterocycles. The Bertz CT molecular complexity index is 301. The number of benzene rings is 1. The van der Waals surface area contributed by atoms with E-state index in [1.165, 1.54) is 22.3 Å². The highest BCUT2D eigenvalue weighted by Crippen LogP contribution is 2.39. The summed E-state index contributed by atoms with van der Waals surface area (Å²) in [6.07, 6.45) is 1.24. The fourth-order valence-corrected chi connectivity index (χ4v) is 3.81. The van der Waals surface area contributed by atoms with Crippen LogP contribution in [0.25, 0.3) is 0 Å². The van der Waals surface area contributed by atoms with E-state index in [9.17, 15) is 0 Å². The van der Waals surface area contributed by atoms with Crippen molar-refractivity contribution >= 4 is 47.1 Å². The molecule has 3 heteroatoms. The minimum absolute atomic E-state index is 0.754. The molecule has 0 saturated carbocycles. The van der Waals surface area contributed by atoms with Gasteiger partial charge in [-0.3, -0.25) is 0 Å². The molecule has 0 saturated heterocycles. The van der Waals surface area contributed by atoms with E-state index in [0.717, 1.165) is 10.5 Å². The number of thioether (sulfide) groups is 1. The van der Waals surface area contributed by atoms with Crippen LogP contribution in [0.4, 0.5) is 0 Å². The summed E-state index contributed by atoms with van der Waals surface area (Å²) in [5, 5.41) is 0. The molecule has 0 nitrogen and oxygen atoms in total. The Kier molecular flexibility index (Phi) is 2.70. The second kappa shape index (κ2) is 3.62. The average Bonchev–Trinajstić information content (AvgIpc) is 2.43. The Morgan fingerprint density at radius 3 is 3.17 bits per heavy atom. The summed E-state index contributed by atoms with van der Waals surface area (Å²) in [7, 11) is 1.15. The van der Waals surface area contributed by atoms with Gasteiger partial charge >= 0.3 is 0 Å². The highest BCUT2D eigenvalue weighted by molar-refractivity contribution is 14.1. The number of halogens is 1. The Hall–Kier alpha value is 0.365. The fourth-order valence-electron chi connectivity index (χ4n) is 1.45. The van der Waals surface area contributed by atoms with E-state index >= 15 is 0 Å². The molecule has 0 N–H and O–H groups in total. The minimum atomic E-state index is 0.754. The summed E-state index contributed by atoms with van der Waals surface area (Å²) < 4.78 is 0.754. The second-order valence-electron chi connectivity index (χ2n) is 3.03. The van der Waals surface area contributed by atoms with Crippen LogP contribution in [0.15, 0.2) is 23.1 Å². The van der Waals surface area contributed by atoms with Gasteiger partial charge in [-0.25, -0.2) is 0 Å². The number of hydrogen-bond acceptors (Lipinski definition) is 1. The lowest BCUT2D eigenvalue weighted by Gasteiger charge is -1.99. The summed E-state index contributed by atoms with van der Waals surface area (Å²) in [5.41, 5.74) is 3.00. The lowest BCUT2D eigenvalue weighted by Crippen LogP contribution is -2.09. The molecule has 1 aliphatic rings. The van der Waals surface area contributed by atoms with Crippen LogP contribution in [-0.2, 0) is 6.42 Å². The maximum Gasteiger partial charge on any atom is 0.154 e. The van der Waals surface area contributed by atoms with Crippen LogP contribution in [0.2, 0.25) is 6.82 Å². The first-order valence-electron chi connectivity index (χ1n) is 4.22. The quantitative estimate of drug-likeness (QED) is 0.434. The smallest absolute Gasteiger partial charge is 0.111 e. The zero-order chi connectivity index (χ0) is 8.55. The zero-order valence-electron chi connectivity index (χ0n) is 7.01. The summed E-state index contributed by atoms with van der Waals surface area (Å²) >= 11 is 4.52. The molecule has 12 heavy (non-hydrogen) atoms. The van der Waals surface area contributed by atoms with Crippen LogP contribution < -0.4 is 5.46 Å². The summed E-state index contributed by atoms with van der Waals surface area (Å²) in [5.74, 6) is 0. The lowest BCUT2D eigenvalue weighted by molar-refractivity contribution is 1.13. The fraction of sp³-hybridized carbons (Fsp3) is 0.333. The zero-order valence-corrected chi connectivity index (χ0v) is 9.98. The van der Waals surface area contributed by atoms with Crippen molar-refractivity contribution in [3.8, 4) is 0 Å². The molecule has 2 rings (SSSR count). The van der Waals surface area contributed by atoms with E-state index in [-0.39, 0.29) is 0 Å². The first-order valence-corrected chi connectivity index (χ1v) is 6.34. The van der Waals surface area contributed by atoms with Crippen molar-refractivity contribution in [2.24, 2.45) is 0 Å². The summed E-state index contributed by atoms with van der Waals surface area (Å²) in [4.78, 5) is 1.51. The second-order valence-corrected chi connectivity index (χ2v) is 6.62. The molecule has 1 atom stereocenters. The van der Waals surface area contributed by atoms with Gasteiger partial charge in [0.1, 0.15) is 0 Å². The van der Waals surface area contributed by atoms with Crippen molar-refractivity contribution in [1.29, 1.82) is 0 Å². The molecule has 1 aliphatic heterocycles. The van der Waals surface area contributed by atoms with Gasteiger partial charge < -0.3 is 0 Å². The van der Waals surface area contributed by atoms with Crippen LogP contribution in [0.3, 0.4) is 0 Å². The van der Waals surface area contributed by atoms with Crippen molar-refractivity contribution < 1.29 is 0 Å². The topological polar surface area (TPSA) is 0 Å². The standard InChI is InChI=1S/C9H10BIS/c1-10-7-3-2-6-4-9(11)12-8(6)5-7/h2-3,5,9-10H,4H2,1H3. The maximum absolute atomic E-state index is 2.51. The maximum atomic E-state index is 2.51. The molecule has 1 unspecified atom stereocenters. The first-order chi connectivity index (χ1) is 5.79. The molecular formula is C9H10BIS. The largest absolute Gasteiger partial charge is 0.154 e. The van der Waals surface area contributed by atoms with Gasteiger partial charge in [0.05, 0.1) is 3.26 Å². The first kappa shape index (κ1) is 8.94. The van der Waals surface area contributed by atoms with E-state index in [1.54, 1.807) is 0 Å². The van der Waals surface area contributed by atoms with Crippen LogP contribution in [0.1, 0.15) is 5.56 Å². The third-order valence-electron chi connectivity index (χ3n) is 2.18. The van der Waals surface area contributed by atoms with Crippen molar-refractivity contribution in [3.63, 3.8) is 0 Å². The van der Waals surface area contributed by atoms with Crippen molar-refractivity contribution in [2.45, 2.75) is 21.4 Å². The van der Waals surface area contributed by atoms with Crippen molar-refractivity contribution in [2.75, 3.05) is 0 Å². The SMILES string of the molecule is CBc1ccc2c(c1)SC(I)C2. The van der Waals surface area contributed by atoms with Crippen LogP contribution in [-0.4, -0.2) is 10.5 Å². The van der Waals surface area contributed by atoms with Gasteiger partial charge in [-0.1, -0.05) is 53.1 Å². The van der Waals surface area contributed by atoms with E-state index in [1.807, 2.05) is 11.8 Å². The third kappa shape index (κ3) is 1.67. The molecule has 1 aromatic carbocycles. The average molecular weight is 288 g/mol. The van der Waals surface area contributed by atoms with E-state index in [0.29, 0.717) is 0 Å². The highest BCUT2D eigenvalue weighted by Gasteiger charge is 2.19. The molecule has 62 valence electrons. The van der Waals surface area contributed by atoms with Crippen molar-refractivity contribution in [1.82, 2.24) is 0 Å². The molecule has 0 fully saturated rings. The summed E-state index contributed by atoms with van der Waals surface area (Å²) in [6.45, 7) is 2.21. The van der Waals surface area contributed by atoms with Gasteiger partial charge in [-0.15, -0.1) is 11.8 Å². The normalized spacial score (nSPS) is 20.7. The van der Waals surface area contributed by atoms with Gasteiger partial charge in [-0.2, -0.15) is 0 Å². The van der Waals surface area contributed by atoms with Gasteiger partial charge in [0, 0.05) is 4.90 Å². The Morgan fingerprint density at radius 2 is 2.42 bits per heavy atom. The lowest BCUT2D eigenvalue weighted by atomic mass is 9.73. The Labute approximate surface area is 91.9 Å². The molecule has 0 radical (unpaired) electrons. The molecule has 0 spiro atoms. The van der Waals surface area contributed by atoms with Crippen LogP contribution >= 0.6 is 34.4 Å². The number of rotatable bonds is 1. The number of hydrogen-bond donors (Lipinski definition) is 0. The third-order valence-corrected chi connectivity index (χ3v) is 4.43. The molecule has 1 aromatic rings. The predicted octanol–water partition coefficient (Wildman–Crippen LogP) is 2.21. The van der Waals surface area contributed by atoms with Crippen LogP contribution in [0.5, 0.6) is 0 Å². The molecule has 0 bridgehead atoms. The van der Waals surface area contributed by atoms with Gasteiger partial charge in [0.25, 0.3) is 0 Å². The van der Waals surface area contributed by atoms with E-state index in [2.05, 4.69) is 47.6 Å². The van der Waals surface area contributed by atoms with Gasteiger partial charge in [0.2, 0.25) is 0 Å². The molecule has 1 heterocycles. The molecule has 0 aliphatic carbocycles. The Balaban J connectivity index is 2.35. The van der Waals surface area contributed by atoms with E-state index in [4.69, 9.17) is 0 Å². The Morgan fingerprint density at radius 1 is 1.58 bits per heavy atom. The predicted molar refractivity (Wildman–Crippen MR) is 66.5 cm³/mol.